The molecule has 0 spiro atoms. The Balaban J connectivity index is 1.37. The van der Waals surface area contributed by atoms with E-state index in [0.29, 0.717) is 11.7 Å². The molecule has 2 aromatic carbocycles. The SMILES string of the molecule is CC(C)(NC(=O)OC1CN2CCC1CC2)c1ccc(-c2ccc(OCC#N)cc2)cc1. The minimum atomic E-state index is -0.543. The molecule has 31 heavy (non-hydrogen) atoms. The molecule has 0 aromatic heterocycles. The molecule has 1 amide bonds. The maximum atomic E-state index is 12.6. The van der Waals surface area contributed by atoms with E-state index in [0.717, 1.165) is 49.2 Å². The average Bonchev–Trinajstić information content (AvgIpc) is 2.78. The lowest BCUT2D eigenvalue weighted by Gasteiger charge is -2.44. The number of carbonyl (C=O) groups excluding carboxylic acids is 1. The fourth-order valence-corrected chi connectivity index (χ4v) is 4.48. The zero-order valence-electron chi connectivity index (χ0n) is 18.1. The van der Waals surface area contributed by atoms with E-state index >= 15 is 0 Å². The highest BCUT2D eigenvalue weighted by Crippen LogP contribution is 2.30. The van der Waals surface area contributed by atoms with Crippen LogP contribution >= 0.6 is 0 Å². The molecule has 3 fully saturated rings. The Labute approximate surface area is 183 Å². The molecule has 162 valence electrons. The van der Waals surface area contributed by atoms with Gasteiger partial charge in [-0.3, -0.25) is 4.90 Å². The third kappa shape index (κ3) is 5.00. The standard InChI is InChI=1S/C25H29N3O3/c1-25(2,27-24(29)31-23-17-28-14-11-20(23)12-15-28)21-7-3-18(4-8-21)19-5-9-22(10-6-19)30-16-13-26/h3-10,20,23H,11-12,14-17H2,1-2H3,(H,27,29). The quantitative estimate of drug-likeness (QED) is 0.755. The fraction of sp³-hybridized carbons (Fsp3) is 0.440. The summed E-state index contributed by atoms with van der Waals surface area (Å²) in [6, 6.07) is 17.8. The van der Waals surface area contributed by atoms with Gasteiger partial charge in [0.15, 0.2) is 6.61 Å². The van der Waals surface area contributed by atoms with Gasteiger partial charge in [0.1, 0.15) is 17.9 Å². The van der Waals surface area contributed by atoms with Gasteiger partial charge in [0.2, 0.25) is 0 Å². The number of nitriles is 1. The summed E-state index contributed by atoms with van der Waals surface area (Å²) in [5, 5.41) is 11.6. The number of fused-ring (bicyclic) bond motifs is 3. The van der Waals surface area contributed by atoms with E-state index in [1.165, 1.54) is 0 Å². The number of hydrogen-bond donors (Lipinski definition) is 1. The lowest BCUT2D eigenvalue weighted by Crippen LogP contribution is -2.53. The van der Waals surface area contributed by atoms with Crippen molar-refractivity contribution < 1.29 is 14.3 Å². The Morgan fingerprint density at radius 2 is 1.71 bits per heavy atom. The molecule has 1 atom stereocenters. The van der Waals surface area contributed by atoms with Gasteiger partial charge in [-0.2, -0.15) is 5.26 Å². The second-order valence-corrected chi connectivity index (χ2v) is 8.88. The molecule has 1 unspecified atom stereocenters. The Morgan fingerprint density at radius 3 is 2.26 bits per heavy atom. The Bertz CT molecular complexity index is 939. The van der Waals surface area contributed by atoms with E-state index in [2.05, 4.69) is 10.2 Å². The normalized spacial score (nSPS) is 22.4. The van der Waals surface area contributed by atoms with Crippen LogP contribution in [-0.2, 0) is 10.3 Å². The second-order valence-electron chi connectivity index (χ2n) is 8.88. The summed E-state index contributed by atoms with van der Waals surface area (Å²) in [5.74, 6) is 1.17. The number of carbonyl (C=O) groups is 1. The van der Waals surface area contributed by atoms with Crippen LogP contribution < -0.4 is 10.1 Å². The number of amides is 1. The third-order valence-electron chi connectivity index (χ3n) is 6.37. The number of piperidine rings is 3. The molecular formula is C25H29N3O3. The lowest BCUT2D eigenvalue weighted by atomic mass is 9.86. The van der Waals surface area contributed by atoms with E-state index in [4.69, 9.17) is 14.7 Å². The van der Waals surface area contributed by atoms with Crippen LogP contribution in [0.5, 0.6) is 5.75 Å². The van der Waals surface area contributed by atoms with Crippen molar-refractivity contribution in [2.75, 3.05) is 26.2 Å². The Hall–Kier alpha value is -3.04. The van der Waals surface area contributed by atoms with Crippen molar-refractivity contribution in [2.24, 2.45) is 5.92 Å². The largest absolute Gasteiger partial charge is 0.479 e. The maximum absolute atomic E-state index is 12.6. The molecule has 3 heterocycles. The summed E-state index contributed by atoms with van der Waals surface area (Å²) >= 11 is 0. The molecule has 3 aliphatic rings. The van der Waals surface area contributed by atoms with Gasteiger partial charge in [-0.25, -0.2) is 4.79 Å². The first-order chi connectivity index (χ1) is 14.9. The van der Waals surface area contributed by atoms with Crippen LogP contribution in [0, 0.1) is 17.2 Å². The summed E-state index contributed by atoms with van der Waals surface area (Å²) in [7, 11) is 0. The predicted molar refractivity (Wildman–Crippen MR) is 119 cm³/mol. The molecule has 6 heteroatoms. The van der Waals surface area contributed by atoms with Crippen molar-refractivity contribution in [2.45, 2.75) is 38.3 Å². The zero-order valence-corrected chi connectivity index (χ0v) is 18.1. The van der Waals surface area contributed by atoms with Crippen molar-refractivity contribution in [3.63, 3.8) is 0 Å². The number of ether oxygens (including phenoxy) is 2. The number of hydrogen-bond acceptors (Lipinski definition) is 5. The van der Waals surface area contributed by atoms with Gasteiger partial charge in [-0.1, -0.05) is 36.4 Å². The van der Waals surface area contributed by atoms with Gasteiger partial charge in [0.25, 0.3) is 0 Å². The summed E-state index contributed by atoms with van der Waals surface area (Å²) in [6.45, 7) is 7.12. The molecule has 2 aromatic rings. The van der Waals surface area contributed by atoms with E-state index in [1.54, 1.807) is 0 Å². The van der Waals surface area contributed by atoms with Crippen LogP contribution in [0.25, 0.3) is 11.1 Å². The second kappa shape index (κ2) is 8.99. The average molecular weight is 420 g/mol. The summed E-state index contributed by atoms with van der Waals surface area (Å²) in [4.78, 5) is 15.0. The third-order valence-corrected chi connectivity index (χ3v) is 6.37. The van der Waals surface area contributed by atoms with E-state index < -0.39 is 5.54 Å². The van der Waals surface area contributed by atoms with Gasteiger partial charge in [0.05, 0.1) is 5.54 Å². The highest BCUT2D eigenvalue weighted by Gasteiger charge is 2.37. The van der Waals surface area contributed by atoms with E-state index in [9.17, 15) is 4.79 Å². The first-order valence-electron chi connectivity index (χ1n) is 10.9. The van der Waals surface area contributed by atoms with Crippen LogP contribution in [0.2, 0.25) is 0 Å². The molecular weight excluding hydrogens is 390 g/mol. The van der Waals surface area contributed by atoms with Crippen molar-refractivity contribution in [1.82, 2.24) is 10.2 Å². The number of nitrogens with one attached hydrogen (secondary N) is 1. The maximum Gasteiger partial charge on any atom is 0.408 e. The topological polar surface area (TPSA) is 74.6 Å². The summed E-state index contributed by atoms with van der Waals surface area (Å²) in [6.07, 6.45) is 1.89. The van der Waals surface area contributed by atoms with Crippen molar-refractivity contribution >= 4 is 6.09 Å². The van der Waals surface area contributed by atoms with Gasteiger partial charge in [0, 0.05) is 6.54 Å². The number of alkyl carbamates (subject to hydrolysis) is 1. The van der Waals surface area contributed by atoms with Crippen molar-refractivity contribution in [3.05, 3.63) is 54.1 Å². The van der Waals surface area contributed by atoms with E-state index in [-0.39, 0.29) is 18.8 Å². The van der Waals surface area contributed by atoms with Crippen LogP contribution in [-0.4, -0.2) is 43.3 Å². The van der Waals surface area contributed by atoms with Crippen LogP contribution in [0.4, 0.5) is 4.79 Å². The van der Waals surface area contributed by atoms with Crippen LogP contribution in [0.3, 0.4) is 0 Å². The lowest BCUT2D eigenvalue weighted by molar-refractivity contribution is -0.0349. The fourth-order valence-electron chi connectivity index (χ4n) is 4.48. The molecule has 6 nitrogen and oxygen atoms in total. The smallest absolute Gasteiger partial charge is 0.408 e. The Kier molecular flexibility index (Phi) is 6.15. The highest BCUT2D eigenvalue weighted by molar-refractivity contribution is 5.69. The van der Waals surface area contributed by atoms with Gasteiger partial charge in [-0.05, 0) is 74.5 Å². The molecule has 3 saturated heterocycles. The van der Waals surface area contributed by atoms with Crippen LogP contribution in [0.15, 0.2) is 48.5 Å². The highest BCUT2D eigenvalue weighted by atomic mass is 16.6. The molecule has 0 aliphatic carbocycles. The van der Waals surface area contributed by atoms with Crippen molar-refractivity contribution in [1.29, 1.82) is 5.26 Å². The first kappa shape index (κ1) is 21.2. The minimum absolute atomic E-state index is 0.000728. The van der Waals surface area contributed by atoms with Gasteiger partial charge >= 0.3 is 6.09 Å². The Morgan fingerprint density at radius 1 is 1.10 bits per heavy atom. The van der Waals surface area contributed by atoms with Crippen LogP contribution in [0.1, 0.15) is 32.3 Å². The van der Waals surface area contributed by atoms with Gasteiger partial charge < -0.3 is 14.8 Å². The number of benzene rings is 2. The molecule has 0 radical (unpaired) electrons. The predicted octanol–water partition coefficient (Wildman–Crippen LogP) is 4.31. The minimum Gasteiger partial charge on any atom is -0.479 e. The summed E-state index contributed by atoms with van der Waals surface area (Å²) < 4.78 is 11.1. The molecule has 0 saturated carbocycles. The van der Waals surface area contributed by atoms with E-state index in [1.807, 2.05) is 68.4 Å². The zero-order chi connectivity index (χ0) is 21.8. The first-order valence-corrected chi connectivity index (χ1v) is 10.9. The number of nitrogens with zero attached hydrogens (tertiary/aromatic N) is 2. The monoisotopic (exact) mass is 419 g/mol. The van der Waals surface area contributed by atoms with Crippen molar-refractivity contribution in [3.8, 4) is 22.9 Å². The molecule has 2 bridgehead atoms. The molecule has 1 N–H and O–H groups in total. The number of rotatable bonds is 6. The molecule has 5 rings (SSSR count). The molecule has 3 aliphatic heterocycles. The summed E-state index contributed by atoms with van der Waals surface area (Å²) in [5.41, 5.74) is 2.60. The van der Waals surface area contributed by atoms with Gasteiger partial charge in [-0.15, -0.1) is 0 Å².